The van der Waals surface area contributed by atoms with Crippen molar-refractivity contribution in [3.05, 3.63) is 197 Å². The van der Waals surface area contributed by atoms with Gasteiger partial charge in [-0.15, -0.1) is 0 Å². The molecule has 0 amide bonds. The van der Waals surface area contributed by atoms with E-state index in [-0.39, 0.29) is 6.04 Å². The Morgan fingerprint density at radius 2 is 0.983 bits per heavy atom. The maximum atomic E-state index is 2.62. The molecule has 2 atom stereocenters. The summed E-state index contributed by atoms with van der Waals surface area (Å²) in [5, 5.41) is 7.63. The molecule has 2 unspecified atom stereocenters. The molecule has 12 rings (SSSR count). The first-order chi connectivity index (χ1) is 29.0. The van der Waals surface area contributed by atoms with Crippen molar-refractivity contribution in [3.63, 3.8) is 0 Å². The van der Waals surface area contributed by atoms with Crippen LogP contribution in [0.2, 0.25) is 0 Å². The molecular formula is C54H39IN4. The van der Waals surface area contributed by atoms with Gasteiger partial charge in [0.25, 0.3) is 0 Å². The molecule has 282 valence electrons. The van der Waals surface area contributed by atoms with Crippen LogP contribution in [0.15, 0.2) is 188 Å². The van der Waals surface area contributed by atoms with E-state index in [1.54, 1.807) is 0 Å². The molecular weight excluding hydrogens is 832 g/mol. The van der Waals surface area contributed by atoms with Crippen molar-refractivity contribution in [2.75, 3.05) is 0 Å². The number of rotatable bonds is 5. The highest BCUT2D eigenvalue weighted by atomic mass is 127. The number of fused-ring (bicyclic) bond motifs is 10. The van der Waals surface area contributed by atoms with Gasteiger partial charge in [-0.3, -0.25) is 13.7 Å². The van der Waals surface area contributed by atoms with E-state index in [2.05, 4.69) is 243 Å². The van der Waals surface area contributed by atoms with Crippen LogP contribution in [0.3, 0.4) is 0 Å². The van der Waals surface area contributed by atoms with E-state index in [9.17, 15) is 0 Å². The number of para-hydroxylation sites is 3. The summed E-state index contributed by atoms with van der Waals surface area (Å²) in [5.74, 6) is 0.317. The minimum absolute atomic E-state index is 0.149. The van der Waals surface area contributed by atoms with Gasteiger partial charge in [0.15, 0.2) is 0 Å². The van der Waals surface area contributed by atoms with E-state index < -0.39 is 0 Å². The second-order valence-corrected chi connectivity index (χ2v) is 17.3. The average molecular weight is 871 g/mol. The lowest BCUT2D eigenvalue weighted by Gasteiger charge is -2.25. The van der Waals surface area contributed by atoms with Gasteiger partial charge in [0, 0.05) is 52.9 Å². The summed E-state index contributed by atoms with van der Waals surface area (Å²) in [6, 6.07) is 60.8. The van der Waals surface area contributed by atoms with Crippen LogP contribution in [0.4, 0.5) is 0 Å². The van der Waals surface area contributed by atoms with Gasteiger partial charge < -0.3 is 4.57 Å². The Labute approximate surface area is 355 Å². The first-order valence-electron chi connectivity index (χ1n) is 20.4. The number of benzene rings is 7. The van der Waals surface area contributed by atoms with Crippen LogP contribution in [-0.4, -0.2) is 18.3 Å². The number of hydrogen-bond acceptors (Lipinski definition) is 0. The van der Waals surface area contributed by atoms with E-state index in [4.69, 9.17) is 0 Å². The fourth-order valence-electron chi connectivity index (χ4n) is 9.93. The first kappa shape index (κ1) is 34.5. The van der Waals surface area contributed by atoms with Crippen molar-refractivity contribution in [3.8, 4) is 28.2 Å². The Kier molecular flexibility index (Phi) is 7.73. The summed E-state index contributed by atoms with van der Waals surface area (Å²) in [6.45, 7) is 4.53. The molecule has 0 bridgehead atoms. The number of hydrogen-bond donors (Lipinski definition) is 0. The molecule has 59 heavy (non-hydrogen) atoms. The second-order valence-electron chi connectivity index (χ2n) is 16.0. The van der Waals surface area contributed by atoms with Gasteiger partial charge in [0.1, 0.15) is 11.3 Å². The molecule has 0 saturated heterocycles. The maximum absolute atomic E-state index is 2.62. The molecule has 5 heteroatoms. The van der Waals surface area contributed by atoms with Gasteiger partial charge in [-0.2, -0.15) is 0 Å². The Bertz CT molecular complexity index is 3530. The van der Waals surface area contributed by atoms with Crippen molar-refractivity contribution >= 4 is 88.3 Å². The highest BCUT2D eigenvalue weighted by Crippen LogP contribution is 2.46. The van der Waals surface area contributed by atoms with Crippen LogP contribution in [0.5, 0.6) is 0 Å². The smallest absolute Gasteiger partial charge is 0.131 e. The largest absolute Gasteiger partial charge is 0.319 e. The van der Waals surface area contributed by atoms with Crippen LogP contribution in [0, 0.1) is 16.4 Å². The zero-order valence-electron chi connectivity index (χ0n) is 32.7. The number of allylic oxidation sites excluding steroid dienone is 4. The molecule has 11 aromatic rings. The van der Waals surface area contributed by atoms with Crippen molar-refractivity contribution in [1.29, 1.82) is 0 Å². The zero-order valence-corrected chi connectivity index (χ0v) is 34.9. The van der Waals surface area contributed by atoms with Gasteiger partial charge in [-0.25, -0.2) is 0 Å². The van der Waals surface area contributed by atoms with Gasteiger partial charge in [0.2, 0.25) is 0 Å². The first-order valence-corrected chi connectivity index (χ1v) is 21.5. The standard InChI is InChI=1S/C54H39IN4/c1-34-13-12-17-41(31-34)58-48-22-11-8-19-43(48)52-45-30-24-37(33-50(45)59(54(52)58)46-20-9-6-14-35(46)2)36-23-29-44-49(32-36)57(40-27-25-38(55)26-28-40)53-51(44)42-18-7-10-21-47(42)56(53)39-15-4-3-5-16-39/h3-33,35,46H,1-2H3. The van der Waals surface area contributed by atoms with E-state index >= 15 is 0 Å². The normalized spacial score (nSPS) is 15.6. The fraction of sp³-hybridized carbons (Fsp3) is 0.0741. The van der Waals surface area contributed by atoms with Crippen molar-refractivity contribution in [2.24, 2.45) is 5.92 Å². The Hall–Kier alpha value is -6.57. The monoisotopic (exact) mass is 870 g/mol. The minimum Gasteiger partial charge on any atom is -0.319 e. The molecule has 0 saturated carbocycles. The maximum Gasteiger partial charge on any atom is 0.131 e. The average Bonchev–Trinajstić information content (AvgIpc) is 3.99. The molecule has 0 radical (unpaired) electrons. The number of halogens is 1. The van der Waals surface area contributed by atoms with Gasteiger partial charge >= 0.3 is 0 Å². The third-order valence-corrected chi connectivity index (χ3v) is 13.3. The van der Waals surface area contributed by atoms with Crippen LogP contribution < -0.4 is 0 Å². The van der Waals surface area contributed by atoms with E-state index in [0.29, 0.717) is 5.92 Å². The number of nitrogens with zero attached hydrogens (tertiary/aromatic N) is 4. The summed E-state index contributed by atoms with van der Waals surface area (Å²) in [5.41, 5.74) is 14.4. The molecule has 4 nitrogen and oxygen atoms in total. The van der Waals surface area contributed by atoms with Crippen molar-refractivity contribution < 1.29 is 0 Å². The van der Waals surface area contributed by atoms with E-state index in [1.807, 2.05) is 0 Å². The Balaban J connectivity index is 1.16. The van der Waals surface area contributed by atoms with Gasteiger partial charge in [0.05, 0.1) is 28.1 Å². The summed E-state index contributed by atoms with van der Waals surface area (Å²) < 4.78 is 11.2. The van der Waals surface area contributed by atoms with Crippen molar-refractivity contribution in [2.45, 2.75) is 19.9 Å². The summed E-state index contributed by atoms with van der Waals surface area (Å²) in [7, 11) is 0. The summed E-state index contributed by atoms with van der Waals surface area (Å²) >= 11 is 2.41. The minimum atomic E-state index is 0.149. The molecule has 4 heterocycles. The Morgan fingerprint density at radius 1 is 0.441 bits per heavy atom. The van der Waals surface area contributed by atoms with Gasteiger partial charge in [-0.1, -0.05) is 122 Å². The third kappa shape index (κ3) is 5.14. The van der Waals surface area contributed by atoms with Crippen LogP contribution >= 0.6 is 22.6 Å². The molecule has 0 aliphatic heterocycles. The number of aromatic nitrogens is 4. The van der Waals surface area contributed by atoms with Crippen LogP contribution in [-0.2, 0) is 0 Å². The zero-order chi connectivity index (χ0) is 39.4. The molecule has 0 N–H and O–H groups in total. The molecule has 1 aliphatic rings. The second kappa shape index (κ2) is 13.2. The lowest BCUT2D eigenvalue weighted by Crippen LogP contribution is -2.16. The fourth-order valence-corrected chi connectivity index (χ4v) is 10.3. The Morgan fingerprint density at radius 3 is 1.68 bits per heavy atom. The highest BCUT2D eigenvalue weighted by molar-refractivity contribution is 14.1. The molecule has 0 fully saturated rings. The van der Waals surface area contributed by atoms with E-state index in [1.165, 1.54) is 91.6 Å². The molecule has 4 aromatic heterocycles. The van der Waals surface area contributed by atoms with Gasteiger partial charge in [-0.05, 0) is 125 Å². The van der Waals surface area contributed by atoms with Crippen molar-refractivity contribution in [1.82, 2.24) is 18.3 Å². The lowest BCUT2D eigenvalue weighted by atomic mass is 9.96. The summed E-state index contributed by atoms with van der Waals surface area (Å²) in [4.78, 5) is 0. The topological polar surface area (TPSA) is 19.7 Å². The SMILES string of the molecule is Cc1cccc(-n2c3ccccc3c3c4ccc(-c5ccc6c7c8ccccc8n(-c8ccccc8)c7n(-c7ccc(I)cc7)c6c5)cc4n(C4C=CC=CC4C)c32)c1. The molecule has 7 aromatic carbocycles. The number of aryl methyl sites for hydroxylation is 1. The highest BCUT2D eigenvalue weighted by Gasteiger charge is 2.28. The lowest BCUT2D eigenvalue weighted by molar-refractivity contribution is 0.506. The molecule has 1 aliphatic carbocycles. The van der Waals surface area contributed by atoms with Crippen LogP contribution in [0.1, 0.15) is 18.5 Å². The quantitative estimate of drug-likeness (QED) is 0.154. The predicted octanol–water partition coefficient (Wildman–Crippen LogP) is 14.7. The van der Waals surface area contributed by atoms with Crippen LogP contribution in [0.25, 0.3) is 93.9 Å². The van der Waals surface area contributed by atoms with E-state index in [0.717, 1.165) is 11.4 Å². The summed E-state index contributed by atoms with van der Waals surface area (Å²) in [6.07, 6.45) is 9.13. The predicted molar refractivity (Wildman–Crippen MR) is 257 cm³/mol. The molecule has 0 spiro atoms. The third-order valence-electron chi connectivity index (χ3n) is 12.5.